The van der Waals surface area contributed by atoms with Crippen molar-refractivity contribution in [3.05, 3.63) is 24.3 Å². The number of benzene rings is 1. The summed E-state index contributed by atoms with van der Waals surface area (Å²) in [4.78, 5) is 24.3. The van der Waals surface area contributed by atoms with Gasteiger partial charge in [-0.05, 0) is 12.1 Å². The summed E-state index contributed by atoms with van der Waals surface area (Å²) in [5, 5.41) is 9.69. The van der Waals surface area contributed by atoms with Gasteiger partial charge in [0.2, 0.25) is 5.91 Å². The summed E-state index contributed by atoms with van der Waals surface area (Å²) in [7, 11) is 0. The minimum absolute atomic E-state index is 0.0143. The molecule has 1 aromatic rings. The number of carbonyl (C=O) groups excluding carboxylic acids is 2. The molecule has 1 saturated heterocycles. The maximum absolute atomic E-state index is 11.8. The van der Waals surface area contributed by atoms with E-state index in [0.29, 0.717) is 18.7 Å². The zero-order valence-corrected chi connectivity index (χ0v) is 10.2. The molecule has 0 saturated carbocycles. The molecule has 1 aromatic carbocycles. The van der Waals surface area contributed by atoms with Gasteiger partial charge in [0.1, 0.15) is 5.75 Å². The van der Waals surface area contributed by atoms with Gasteiger partial charge in [-0.2, -0.15) is 0 Å². The van der Waals surface area contributed by atoms with E-state index in [0.717, 1.165) is 0 Å². The normalized spacial score (nSPS) is 19.7. The van der Waals surface area contributed by atoms with E-state index in [1.54, 1.807) is 24.3 Å². The van der Waals surface area contributed by atoms with Crippen LogP contribution < -0.4 is 4.90 Å². The number of thioether (sulfide) groups is 1. The first-order valence-electron chi connectivity index (χ1n) is 5.33. The van der Waals surface area contributed by atoms with Crippen molar-refractivity contribution in [3.8, 4) is 5.75 Å². The predicted octanol–water partition coefficient (Wildman–Crippen LogP) is 1.78. The van der Waals surface area contributed by atoms with Crippen molar-refractivity contribution in [3.63, 3.8) is 0 Å². The van der Waals surface area contributed by atoms with Crippen molar-refractivity contribution in [1.29, 1.82) is 0 Å². The topological polar surface area (TPSA) is 57.6 Å². The highest BCUT2D eigenvalue weighted by molar-refractivity contribution is 8.14. The third kappa shape index (κ3) is 2.61. The van der Waals surface area contributed by atoms with E-state index < -0.39 is 0 Å². The minimum Gasteiger partial charge on any atom is -0.506 e. The molecule has 0 bridgehead atoms. The van der Waals surface area contributed by atoms with Crippen molar-refractivity contribution in [2.75, 3.05) is 11.4 Å². The van der Waals surface area contributed by atoms with E-state index in [2.05, 4.69) is 0 Å². The molecule has 1 aliphatic heterocycles. The first-order valence-corrected chi connectivity index (χ1v) is 6.21. The van der Waals surface area contributed by atoms with E-state index in [9.17, 15) is 14.7 Å². The Labute approximate surface area is 104 Å². The van der Waals surface area contributed by atoms with Gasteiger partial charge in [0.05, 0.1) is 5.69 Å². The van der Waals surface area contributed by atoms with Gasteiger partial charge < -0.3 is 10.0 Å². The van der Waals surface area contributed by atoms with E-state index >= 15 is 0 Å². The number of rotatable bonds is 2. The fourth-order valence-corrected chi connectivity index (χ4v) is 2.83. The summed E-state index contributed by atoms with van der Waals surface area (Å²) in [6, 6.07) is 6.73. The van der Waals surface area contributed by atoms with E-state index in [-0.39, 0.29) is 22.0 Å². The third-order valence-corrected chi connectivity index (χ3v) is 3.58. The Morgan fingerprint density at radius 3 is 2.82 bits per heavy atom. The highest BCUT2D eigenvalue weighted by Crippen LogP contribution is 2.33. The van der Waals surface area contributed by atoms with Crippen LogP contribution in [0.15, 0.2) is 24.3 Å². The molecule has 1 aliphatic rings. The number of nitrogens with zero attached hydrogens (tertiary/aromatic N) is 1. The van der Waals surface area contributed by atoms with Gasteiger partial charge in [0, 0.05) is 25.1 Å². The molecule has 0 radical (unpaired) electrons. The van der Waals surface area contributed by atoms with Gasteiger partial charge in [-0.25, -0.2) is 0 Å². The van der Waals surface area contributed by atoms with Crippen LogP contribution in [0.4, 0.5) is 5.69 Å². The maximum Gasteiger partial charge on any atom is 0.228 e. The first-order chi connectivity index (χ1) is 8.08. The molecular formula is C12H13NO3S. The number of aromatic hydroxyl groups is 1. The Hall–Kier alpha value is -1.49. The van der Waals surface area contributed by atoms with Gasteiger partial charge in [0.15, 0.2) is 5.12 Å². The van der Waals surface area contributed by atoms with Crippen LogP contribution >= 0.6 is 11.8 Å². The largest absolute Gasteiger partial charge is 0.506 e. The van der Waals surface area contributed by atoms with Crippen molar-refractivity contribution in [1.82, 2.24) is 0 Å². The zero-order chi connectivity index (χ0) is 12.4. The number of phenolic OH excluding ortho intramolecular Hbond substituents is 1. The zero-order valence-electron chi connectivity index (χ0n) is 9.42. The molecule has 5 heteroatoms. The second-order valence-electron chi connectivity index (χ2n) is 3.93. The molecule has 4 nitrogen and oxygen atoms in total. The summed E-state index contributed by atoms with van der Waals surface area (Å²) >= 11 is 1.19. The molecule has 17 heavy (non-hydrogen) atoms. The molecule has 0 aliphatic carbocycles. The first kappa shape index (κ1) is 12.0. The van der Waals surface area contributed by atoms with Crippen LogP contribution in [0.25, 0.3) is 0 Å². The third-order valence-electron chi connectivity index (χ3n) is 2.59. The van der Waals surface area contributed by atoms with Crippen molar-refractivity contribution in [2.45, 2.75) is 18.6 Å². The fourth-order valence-electron chi connectivity index (χ4n) is 1.91. The van der Waals surface area contributed by atoms with Gasteiger partial charge >= 0.3 is 0 Å². The highest BCUT2D eigenvalue weighted by atomic mass is 32.2. The van der Waals surface area contributed by atoms with Crippen molar-refractivity contribution >= 4 is 28.5 Å². The number of carbonyl (C=O) groups is 2. The number of anilines is 1. The summed E-state index contributed by atoms with van der Waals surface area (Å²) in [6.45, 7) is 1.97. The van der Waals surface area contributed by atoms with Gasteiger partial charge in [-0.15, -0.1) is 0 Å². The molecule has 1 heterocycles. The van der Waals surface area contributed by atoms with E-state index in [1.807, 2.05) is 0 Å². The van der Waals surface area contributed by atoms with Crippen LogP contribution in [-0.2, 0) is 9.59 Å². The summed E-state index contributed by atoms with van der Waals surface area (Å²) in [6.07, 6.45) is 0.346. The van der Waals surface area contributed by atoms with E-state index in [1.165, 1.54) is 23.6 Å². The summed E-state index contributed by atoms with van der Waals surface area (Å²) in [5.74, 6) is 0.0413. The number of hydrogen-bond acceptors (Lipinski definition) is 4. The van der Waals surface area contributed by atoms with Crippen LogP contribution in [0, 0.1) is 0 Å². The average molecular weight is 251 g/mol. The summed E-state index contributed by atoms with van der Waals surface area (Å²) in [5.41, 5.74) is 0.518. The average Bonchev–Trinajstić information content (AvgIpc) is 2.59. The maximum atomic E-state index is 11.8. The second-order valence-corrected chi connectivity index (χ2v) is 5.41. The SMILES string of the molecule is CC(=O)SC1CC(=O)N(c2ccccc2O)C1. The molecule has 1 atom stereocenters. The second kappa shape index (κ2) is 4.79. The smallest absolute Gasteiger partial charge is 0.228 e. The van der Waals surface area contributed by atoms with Gasteiger partial charge in [-0.1, -0.05) is 23.9 Å². The molecule has 2 rings (SSSR count). The Morgan fingerprint density at radius 1 is 1.47 bits per heavy atom. The van der Waals surface area contributed by atoms with Gasteiger partial charge in [-0.3, -0.25) is 9.59 Å². The Balaban J connectivity index is 2.16. The molecule has 0 spiro atoms. The molecule has 1 fully saturated rings. The summed E-state index contributed by atoms with van der Waals surface area (Å²) < 4.78 is 0. The monoisotopic (exact) mass is 251 g/mol. The lowest BCUT2D eigenvalue weighted by atomic mass is 10.2. The molecule has 0 aromatic heterocycles. The molecule has 90 valence electrons. The van der Waals surface area contributed by atoms with Crippen LogP contribution in [0.3, 0.4) is 0 Å². The molecule has 1 N–H and O–H groups in total. The van der Waals surface area contributed by atoms with Crippen LogP contribution in [0.1, 0.15) is 13.3 Å². The number of phenols is 1. The lowest BCUT2D eigenvalue weighted by molar-refractivity contribution is -0.117. The van der Waals surface area contributed by atoms with Crippen molar-refractivity contribution in [2.24, 2.45) is 0 Å². The molecule has 1 unspecified atom stereocenters. The fraction of sp³-hybridized carbons (Fsp3) is 0.333. The molecular weight excluding hydrogens is 238 g/mol. The number of hydrogen-bond donors (Lipinski definition) is 1. The molecule has 1 amide bonds. The van der Waals surface area contributed by atoms with Crippen LogP contribution in [0.5, 0.6) is 5.75 Å². The van der Waals surface area contributed by atoms with Crippen molar-refractivity contribution < 1.29 is 14.7 Å². The minimum atomic E-state index is -0.0507. The van der Waals surface area contributed by atoms with Crippen LogP contribution in [-0.4, -0.2) is 27.9 Å². The highest BCUT2D eigenvalue weighted by Gasteiger charge is 2.32. The predicted molar refractivity (Wildman–Crippen MR) is 67.1 cm³/mol. The lowest BCUT2D eigenvalue weighted by Crippen LogP contribution is -2.24. The quantitative estimate of drug-likeness (QED) is 0.870. The number of amides is 1. The Morgan fingerprint density at radius 2 is 2.18 bits per heavy atom. The van der Waals surface area contributed by atoms with E-state index in [4.69, 9.17) is 0 Å². The lowest BCUT2D eigenvalue weighted by Gasteiger charge is -2.17. The Kier molecular flexibility index (Phi) is 3.38. The van der Waals surface area contributed by atoms with Crippen LogP contribution in [0.2, 0.25) is 0 Å². The van der Waals surface area contributed by atoms with Gasteiger partial charge in [0.25, 0.3) is 0 Å². The number of para-hydroxylation sites is 2. The Bertz CT molecular complexity index is 461. The standard InChI is InChI=1S/C12H13NO3S/c1-8(14)17-9-6-12(16)13(7-9)10-4-2-3-5-11(10)15/h2-5,9,15H,6-7H2,1H3.